The number of benzene rings is 1. The summed E-state index contributed by atoms with van der Waals surface area (Å²) in [5.74, 6) is -0.628. The fourth-order valence-corrected chi connectivity index (χ4v) is 3.27. The Kier molecular flexibility index (Phi) is 4.54. The third kappa shape index (κ3) is 3.45. The lowest BCUT2D eigenvalue weighted by Gasteiger charge is -2.37. The summed E-state index contributed by atoms with van der Waals surface area (Å²) in [6.07, 6.45) is -0.940. The van der Waals surface area contributed by atoms with Crippen molar-refractivity contribution in [2.45, 2.75) is 51.6 Å². The van der Waals surface area contributed by atoms with Gasteiger partial charge in [-0.1, -0.05) is 18.6 Å². The number of hydrogen-bond acceptors (Lipinski definition) is 1. The summed E-state index contributed by atoms with van der Waals surface area (Å²) in [7, 11) is 0. The molecule has 0 bridgehead atoms. The number of aliphatic carboxylic acids is 1. The monoisotopic (exact) mass is 314 g/mol. The van der Waals surface area contributed by atoms with Crippen molar-refractivity contribution in [3.63, 3.8) is 0 Å². The Morgan fingerprint density at radius 3 is 2.23 bits per heavy atom. The van der Waals surface area contributed by atoms with Gasteiger partial charge in [-0.05, 0) is 62.6 Å². The quantitative estimate of drug-likeness (QED) is 0.843. The standard InChI is InChI=1S/C17H21F3O2/c1-16(2,15(21)22)14-5-3-4-12(10-14)11-6-8-13(9-7-11)17(18,19)20/h6-9,12,14H,3-5,10H2,1-2H3,(H,21,22)/t12-,14+/m0/s1. The van der Waals surface area contributed by atoms with Crippen molar-refractivity contribution < 1.29 is 23.1 Å². The SMILES string of the molecule is CC(C)(C(=O)O)[C@@H]1CCC[C@H](c2ccc(C(F)(F)F)cc2)C1. The van der Waals surface area contributed by atoms with Crippen LogP contribution in [-0.2, 0) is 11.0 Å². The number of carbonyl (C=O) groups is 1. The predicted molar refractivity (Wildman–Crippen MR) is 77.6 cm³/mol. The van der Waals surface area contributed by atoms with Crippen molar-refractivity contribution in [3.8, 4) is 0 Å². The van der Waals surface area contributed by atoms with Gasteiger partial charge in [-0.3, -0.25) is 4.79 Å². The second-order valence-corrected chi connectivity index (χ2v) is 6.71. The topological polar surface area (TPSA) is 37.3 Å². The van der Waals surface area contributed by atoms with Crippen LogP contribution in [-0.4, -0.2) is 11.1 Å². The van der Waals surface area contributed by atoms with Gasteiger partial charge < -0.3 is 5.11 Å². The number of carboxylic acids is 1. The Hall–Kier alpha value is -1.52. The van der Waals surface area contributed by atoms with Crippen molar-refractivity contribution in [1.29, 1.82) is 0 Å². The van der Waals surface area contributed by atoms with Crippen LogP contribution < -0.4 is 0 Å². The molecule has 1 N–H and O–H groups in total. The van der Waals surface area contributed by atoms with Crippen LogP contribution in [0.25, 0.3) is 0 Å². The summed E-state index contributed by atoms with van der Waals surface area (Å²) in [4.78, 5) is 11.4. The minimum absolute atomic E-state index is 0.0473. The van der Waals surface area contributed by atoms with E-state index in [1.54, 1.807) is 13.8 Å². The van der Waals surface area contributed by atoms with Crippen molar-refractivity contribution >= 4 is 5.97 Å². The van der Waals surface area contributed by atoms with E-state index in [1.165, 1.54) is 12.1 Å². The van der Waals surface area contributed by atoms with Gasteiger partial charge in [-0.2, -0.15) is 13.2 Å². The maximum absolute atomic E-state index is 12.6. The second-order valence-electron chi connectivity index (χ2n) is 6.71. The Labute approximate surface area is 128 Å². The summed E-state index contributed by atoms with van der Waals surface area (Å²) in [5, 5.41) is 9.35. The van der Waals surface area contributed by atoms with E-state index < -0.39 is 23.1 Å². The highest BCUT2D eigenvalue weighted by molar-refractivity contribution is 5.74. The summed E-state index contributed by atoms with van der Waals surface area (Å²) < 4.78 is 37.8. The first-order valence-corrected chi connectivity index (χ1v) is 7.53. The summed E-state index contributed by atoms with van der Waals surface area (Å²) in [5.41, 5.74) is -0.571. The van der Waals surface area contributed by atoms with Gasteiger partial charge in [-0.25, -0.2) is 0 Å². The molecule has 2 nitrogen and oxygen atoms in total. The molecule has 0 heterocycles. The highest BCUT2D eigenvalue weighted by Crippen LogP contribution is 2.44. The maximum atomic E-state index is 12.6. The zero-order valence-corrected chi connectivity index (χ0v) is 12.8. The van der Waals surface area contributed by atoms with Crippen LogP contribution in [0.1, 0.15) is 56.6 Å². The first-order chi connectivity index (χ1) is 10.1. The molecule has 0 aliphatic heterocycles. The van der Waals surface area contributed by atoms with Gasteiger partial charge in [0.05, 0.1) is 11.0 Å². The molecule has 0 aromatic heterocycles. The molecule has 1 aromatic rings. The van der Waals surface area contributed by atoms with E-state index in [0.29, 0.717) is 6.42 Å². The van der Waals surface area contributed by atoms with Crippen molar-refractivity contribution in [2.75, 3.05) is 0 Å². The first kappa shape index (κ1) is 16.8. The predicted octanol–water partition coefficient (Wildman–Crippen LogP) is 5.09. The number of alkyl halides is 3. The molecule has 1 aromatic carbocycles. The molecule has 122 valence electrons. The molecule has 1 aliphatic carbocycles. The van der Waals surface area contributed by atoms with E-state index in [1.807, 2.05) is 0 Å². The van der Waals surface area contributed by atoms with Crippen LogP contribution >= 0.6 is 0 Å². The molecule has 0 saturated heterocycles. The molecular weight excluding hydrogens is 293 g/mol. The summed E-state index contributed by atoms with van der Waals surface area (Å²) in [6, 6.07) is 5.29. The summed E-state index contributed by atoms with van der Waals surface area (Å²) >= 11 is 0. The third-order valence-corrected chi connectivity index (χ3v) is 4.96. The third-order valence-electron chi connectivity index (χ3n) is 4.96. The average Bonchev–Trinajstić information content (AvgIpc) is 2.46. The lowest BCUT2D eigenvalue weighted by Crippen LogP contribution is -2.35. The van der Waals surface area contributed by atoms with Crippen LogP contribution in [0.4, 0.5) is 13.2 Å². The molecule has 1 fully saturated rings. The van der Waals surface area contributed by atoms with Crippen molar-refractivity contribution in [2.24, 2.45) is 11.3 Å². The normalized spacial score (nSPS) is 23.3. The Morgan fingerprint density at radius 2 is 1.73 bits per heavy atom. The fourth-order valence-electron chi connectivity index (χ4n) is 3.27. The zero-order valence-electron chi connectivity index (χ0n) is 12.8. The fraction of sp³-hybridized carbons (Fsp3) is 0.588. The lowest BCUT2D eigenvalue weighted by atomic mass is 9.67. The smallest absolute Gasteiger partial charge is 0.416 e. The molecule has 1 aliphatic rings. The van der Waals surface area contributed by atoms with Gasteiger partial charge in [0.1, 0.15) is 0 Å². The number of hydrogen-bond donors (Lipinski definition) is 1. The minimum atomic E-state index is -4.32. The van der Waals surface area contributed by atoms with Gasteiger partial charge in [0, 0.05) is 0 Å². The van der Waals surface area contributed by atoms with E-state index >= 15 is 0 Å². The molecule has 22 heavy (non-hydrogen) atoms. The van der Waals surface area contributed by atoms with E-state index in [-0.39, 0.29) is 11.8 Å². The van der Waals surface area contributed by atoms with Crippen molar-refractivity contribution in [3.05, 3.63) is 35.4 Å². The highest BCUT2D eigenvalue weighted by atomic mass is 19.4. The van der Waals surface area contributed by atoms with Crippen LogP contribution in [0, 0.1) is 11.3 Å². The first-order valence-electron chi connectivity index (χ1n) is 7.53. The van der Waals surface area contributed by atoms with Crippen LogP contribution in [0.15, 0.2) is 24.3 Å². The van der Waals surface area contributed by atoms with Crippen molar-refractivity contribution in [1.82, 2.24) is 0 Å². The average molecular weight is 314 g/mol. The molecule has 0 spiro atoms. The van der Waals surface area contributed by atoms with E-state index in [4.69, 9.17) is 0 Å². The second kappa shape index (κ2) is 5.94. The Bertz CT molecular complexity index is 532. The molecular formula is C17H21F3O2. The number of rotatable bonds is 3. The van der Waals surface area contributed by atoms with E-state index in [9.17, 15) is 23.1 Å². The van der Waals surface area contributed by atoms with Crippen LogP contribution in [0.2, 0.25) is 0 Å². The molecule has 1 saturated carbocycles. The Morgan fingerprint density at radius 1 is 1.14 bits per heavy atom. The van der Waals surface area contributed by atoms with Crippen LogP contribution in [0.3, 0.4) is 0 Å². The Balaban J connectivity index is 2.14. The maximum Gasteiger partial charge on any atom is 0.416 e. The molecule has 5 heteroatoms. The van der Waals surface area contributed by atoms with Gasteiger partial charge >= 0.3 is 12.1 Å². The minimum Gasteiger partial charge on any atom is -0.481 e. The molecule has 2 atom stereocenters. The van der Waals surface area contributed by atoms with Gasteiger partial charge in [0.2, 0.25) is 0 Å². The van der Waals surface area contributed by atoms with Crippen LogP contribution in [0.5, 0.6) is 0 Å². The highest BCUT2D eigenvalue weighted by Gasteiger charge is 2.39. The lowest BCUT2D eigenvalue weighted by molar-refractivity contribution is -0.151. The zero-order chi connectivity index (χ0) is 16.5. The number of halogens is 3. The number of carboxylic acid groups (broad SMARTS) is 1. The largest absolute Gasteiger partial charge is 0.481 e. The van der Waals surface area contributed by atoms with Gasteiger partial charge in [0.25, 0.3) is 0 Å². The molecule has 0 unspecified atom stereocenters. The van der Waals surface area contributed by atoms with E-state index in [0.717, 1.165) is 37.0 Å². The molecule has 2 rings (SSSR count). The molecule has 0 amide bonds. The molecule has 0 radical (unpaired) electrons. The van der Waals surface area contributed by atoms with Gasteiger partial charge in [-0.15, -0.1) is 0 Å². The van der Waals surface area contributed by atoms with E-state index in [2.05, 4.69) is 0 Å². The van der Waals surface area contributed by atoms with Gasteiger partial charge in [0.15, 0.2) is 0 Å². The summed E-state index contributed by atoms with van der Waals surface area (Å²) in [6.45, 7) is 3.46.